The smallest absolute Gasteiger partial charge is 0.309 e. The molecule has 1 heterocycles. The molecule has 2 aromatic carbocycles. The molecule has 3 atom stereocenters. The number of carbonyl (C=O) groups excluding carboxylic acids is 2. The van der Waals surface area contributed by atoms with Crippen molar-refractivity contribution in [3.05, 3.63) is 94.0 Å². The van der Waals surface area contributed by atoms with Gasteiger partial charge in [-0.3, -0.25) is 9.59 Å². The number of aryl methyl sites for hydroxylation is 1. The molecule has 7 nitrogen and oxygen atoms in total. The molecule has 3 aromatic rings. The van der Waals surface area contributed by atoms with Crippen molar-refractivity contribution < 1.29 is 37.7 Å². The minimum atomic E-state index is -0.950. The van der Waals surface area contributed by atoms with Crippen molar-refractivity contribution >= 4 is 11.8 Å². The summed E-state index contributed by atoms with van der Waals surface area (Å²) < 4.78 is 38.1. The van der Waals surface area contributed by atoms with E-state index in [0.29, 0.717) is 16.7 Å². The number of Topliss-reactive ketones (excluding diaryl/α,β-unsaturated/α-hetero) is 1. The van der Waals surface area contributed by atoms with Crippen molar-refractivity contribution in [2.45, 2.75) is 39.2 Å². The predicted molar refractivity (Wildman–Crippen MR) is 127 cm³/mol. The second-order valence-electron chi connectivity index (χ2n) is 8.61. The Morgan fingerprint density at radius 1 is 1.06 bits per heavy atom. The number of pyridine rings is 1. The Balaban J connectivity index is 1.82. The summed E-state index contributed by atoms with van der Waals surface area (Å²) in [6.07, 6.45) is -0.139. The van der Waals surface area contributed by atoms with Crippen LogP contribution in [0.15, 0.2) is 54.7 Å². The standard InChI is InChI=1S/C27H27F2NO6/c1-15-13-20(29)9-10-21(15)24(18-5-7-19(28)8-6-18)17(3)36-27(33)16(2)14-22(31)25-26(32)23(35-4)11-12-30(25)34/h5-13,16-17,24,32H,14H2,1-4H3/t16-,17+,24+/m1/s1. The van der Waals surface area contributed by atoms with Crippen molar-refractivity contribution in [2.24, 2.45) is 5.92 Å². The van der Waals surface area contributed by atoms with Gasteiger partial charge in [-0.25, -0.2) is 8.78 Å². The maximum Gasteiger partial charge on any atom is 0.309 e. The molecule has 190 valence electrons. The molecule has 1 N–H and O–H groups in total. The number of nitrogens with zero attached hydrogens (tertiary/aromatic N) is 1. The minimum Gasteiger partial charge on any atom is -0.618 e. The van der Waals surface area contributed by atoms with E-state index < -0.39 is 59.2 Å². The first-order valence-electron chi connectivity index (χ1n) is 11.3. The fourth-order valence-electron chi connectivity index (χ4n) is 4.12. The zero-order valence-corrected chi connectivity index (χ0v) is 20.3. The van der Waals surface area contributed by atoms with Crippen molar-refractivity contribution in [2.75, 3.05) is 7.11 Å². The Morgan fingerprint density at radius 2 is 1.69 bits per heavy atom. The van der Waals surface area contributed by atoms with Gasteiger partial charge in [0, 0.05) is 18.4 Å². The number of methoxy groups -OCH3 is 1. The van der Waals surface area contributed by atoms with Crippen LogP contribution < -0.4 is 9.47 Å². The average molecular weight is 500 g/mol. The monoisotopic (exact) mass is 499 g/mol. The number of aromatic nitrogens is 1. The van der Waals surface area contributed by atoms with Crippen molar-refractivity contribution in [1.29, 1.82) is 0 Å². The number of esters is 1. The van der Waals surface area contributed by atoms with Crippen LogP contribution >= 0.6 is 0 Å². The van der Waals surface area contributed by atoms with E-state index in [4.69, 9.17) is 9.47 Å². The average Bonchev–Trinajstić information content (AvgIpc) is 2.82. The van der Waals surface area contributed by atoms with E-state index in [9.17, 15) is 28.7 Å². The van der Waals surface area contributed by atoms with Gasteiger partial charge < -0.3 is 19.8 Å². The lowest BCUT2D eigenvalue weighted by Crippen LogP contribution is -2.35. The van der Waals surface area contributed by atoms with E-state index >= 15 is 0 Å². The van der Waals surface area contributed by atoms with E-state index in [2.05, 4.69) is 0 Å². The maximum atomic E-state index is 13.7. The highest BCUT2D eigenvalue weighted by atomic mass is 19.1. The van der Waals surface area contributed by atoms with Crippen LogP contribution in [-0.2, 0) is 9.53 Å². The molecule has 0 radical (unpaired) electrons. The molecular formula is C27H27F2NO6. The third-order valence-electron chi connectivity index (χ3n) is 5.98. The second kappa shape index (κ2) is 11.2. The maximum absolute atomic E-state index is 13.7. The first kappa shape index (κ1) is 26.6. The van der Waals surface area contributed by atoms with Gasteiger partial charge in [-0.2, -0.15) is 4.73 Å². The summed E-state index contributed by atoms with van der Waals surface area (Å²) in [5, 5.41) is 22.3. The second-order valence-corrected chi connectivity index (χ2v) is 8.61. The lowest BCUT2D eigenvalue weighted by molar-refractivity contribution is -0.608. The molecule has 0 saturated carbocycles. The van der Waals surface area contributed by atoms with Gasteiger partial charge in [0.25, 0.3) is 0 Å². The van der Waals surface area contributed by atoms with Crippen molar-refractivity contribution in [3.8, 4) is 11.5 Å². The SMILES string of the molecule is COc1cc[n+]([O-])c(C(=O)C[C@@H](C)C(=O)O[C@@H](C)[C@@H](c2ccc(F)cc2)c2ccc(F)cc2C)c1O. The van der Waals surface area contributed by atoms with E-state index in [-0.39, 0.29) is 10.5 Å². The van der Waals surface area contributed by atoms with Crippen LogP contribution in [-0.4, -0.2) is 30.1 Å². The number of hydrogen-bond donors (Lipinski definition) is 1. The normalized spacial score (nSPS) is 13.5. The van der Waals surface area contributed by atoms with Crippen molar-refractivity contribution in [3.63, 3.8) is 0 Å². The summed E-state index contributed by atoms with van der Waals surface area (Å²) in [5.41, 5.74) is 1.45. The van der Waals surface area contributed by atoms with Crippen LogP contribution in [0, 0.1) is 29.7 Å². The fourth-order valence-corrected chi connectivity index (χ4v) is 4.12. The largest absolute Gasteiger partial charge is 0.618 e. The van der Waals surface area contributed by atoms with Crippen LogP contribution in [0.5, 0.6) is 11.5 Å². The van der Waals surface area contributed by atoms with Crippen LogP contribution in [0.1, 0.15) is 53.4 Å². The highest BCUT2D eigenvalue weighted by molar-refractivity contribution is 5.98. The Kier molecular flexibility index (Phi) is 8.24. The van der Waals surface area contributed by atoms with Gasteiger partial charge in [0.1, 0.15) is 17.7 Å². The van der Waals surface area contributed by atoms with Gasteiger partial charge >= 0.3 is 11.7 Å². The van der Waals surface area contributed by atoms with E-state index in [0.717, 1.165) is 6.20 Å². The first-order valence-corrected chi connectivity index (χ1v) is 11.3. The van der Waals surface area contributed by atoms with Gasteiger partial charge in [-0.15, -0.1) is 0 Å². The van der Waals surface area contributed by atoms with E-state index in [1.165, 1.54) is 44.4 Å². The Morgan fingerprint density at radius 3 is 2.31 bits per heavy atom. The summed E-state index contributed by atoms with van der Waals surface area (Å²) in [4.78, 5) is 25.6. The van der Waals surface area contributed by atoms with E-state index in [1.807, 2.05) is 0 Å². The number of carbonyl (C=O) groups is 2. The number of aromatic hydroxyl groups is 1. The Bertz CT molecular complexity index is 1260. The molecule has 36 heavy (non-hydrogen) atoms. The molecule has 0 spiro atoms. The summed E-state index contributed by atoms with van der Waals surface area (Å²) >= 11 is 0. The number of halogens is 2. The molecule has 0 aliphatic carbocycles. The van der Waals surface area contributed by atoms with Gasteiger partial charge in [-0.05, 0) is 54.8 Å². The molecule has 0 unspecified atom stereocenters. The molecule has 0 amide bonds. The summed E-state index contributed by atoms with van der Waals surface area (Å²) in [6.45, 7) is 4.85. The van der Waals surface area contributed by atoms with Crippen LogP contribution in [0.25, 0.3) is 0 Å². The van der Waals surface area contributed by atoms with Gasteiger partial charge in [0.2, 0.25) is 11.5 Å². The van der Waals surface area contributed by atoms with Crippen LogP contribution in [0.3, 0.4) is 0 Å². The minimum absolute atomic E-state index is 0.0499. The first-order chi connectivity index (χ1) is 17.0. The van der Waals surface area contributed by atoms with Crippen LogP contribution in [0.2, 0.25) is 0 Å². The number of hydrogen-bond acceptors (Lipinski definition) is 6. The molecule has 3 rings (SSSR count). The lowest BCUT2D eigenvalue weighted by atomic mass is 9.84. The highest BCUT2D eigenvalue weighted by Crippen LogP contribution is 2.33. The third kappa shape index (κ3) is 5.79. The Labute approximate surface area is 207 Å². The zero-order chi connectivity index (χ0) is 26.6. The van der Waals surface area contributed by atoms with Crippen molar-refractivity contribution in [1.82, 2.24) is 0 Å². The topological polar surface area (TPSA) is 99.8 Å². The Hall–Kier alpha value is -4.01. The molecule has 0 aliphatic heterocycles. The lowest BCUT2D eigenvalue weighted by Gasteiger charge is -2.27. The molecule has 1 aromatic heterocycles. The predicted octanol–water partition coefficient (Wildman–Crippen LogP) is 4.59. The molecular weight excluding hydrogens is 472 g/mol. The number of benzene rings is 2. The summed E-state index contributed by atoms with van der Waals surface area (Å²) in [6, 6.07) is 11.2. The fraction of sp³-hybridized carbons (Fsp3) is 0.296. The quantitative estimate of drug-likeness (QED) is 0.200. The van der Waals surface area contributed by atoms with Gasteiger partial charge in [-0.1, -0.05) is 25.1 Å². The zero-order valence-electron chi connectivity index (χ0n) is 20.3. The number of rotatable bonds is 9. The summed E-state index contributed by atoms with van der Waals surface area (Å²) in [5.74, 6) is -4.46. The molecule has 0 fully saturated rings. The molecule has 0 aliphatic rings. The highest BCUT2D eigenvalue weighted by Gasteiger charge is 2.32. The summed E-state index contributed by atoms with van der Waals surface area (Å²) in [7, 11) is 1.28. The molecule has 0 saturated heterocycles. The molecule has 9 heteroatoms. The van der Waals surface area contributed by atoms with Gasteiger partial charge in [0.05, 0.1) is 13.0 Å². The molecule has 0 bridgehead atoms. The van der Waals surface area contributed by atoms with Gasteiger partial charge in [0.15, 0.2) is 11.9 Å². The number of ether oxygens (including phenoxy) is 2. The van der Waals surface area contributed by atoms with Crippen LogP contribution in [0.4, 0.5) is 8.78 Å². The number of ketones is 1. The van der Waals surface area contributed by atoms with E-state index in [1.54, 1.807) is 32.0 Å². The third-order valence-corrected chi connectivity index (χ3v) is 5.98.